The summed E-state index contributed by atoms with van der Waals surface area (Å²) < 4.78 is 9.64. The van der Waals surface area contributed by atoms with Crippen molar-refractivity contribution in [2.24, 2.45) is 0 Å². The van der Waals surface area contributed by atoms with Gasteiger partial charge < -0.3 is 9.30 Å². The first-order valence-electron chi connectivity index (χ1n) is 6.58. The standard InChI is InChI=1S/C14H18ClN3O/c1-10-3-4-11(2)17(10)14-7-13(8-15)18(16-14)12-5-6-19-9-12/h3-4,7,12H,5-6,8-9H2,1-2H3/t12-/m0/s1. The fraction of sp³-hybridized carbons (Fsp3) is 0.500. The maximum absolute atomic E-state index is 6.05. The zero-order valence-electron chi connectivity index (χ0n) is 11.3. The molecule has 0 bridgehead atoms. The van der Waals surface area contributed by atoms with E-state index in [1.807, 2.05) is 4.68 Å². The van der Waals surface area contributed by atoms with Crippen LogP contribution in [0.15, 0.2) is 18.2 Å². The highest BCUT2D eigenvalue weighted by Gasteiger charge is 2.22. The molecule has 2 aromatic rings. The molecule has 1 aliphatic rings. The minimum atomic E-state index is 0.318. The summed E-state index contributed by atoms with van der Waals surface area (Å²) in [6.45, 7) is 5.72. The van der Waals surface area contributed by atoms with E-state index in [9.17, 15) is 0 Å². The van der Waals surface area contributed by atoms with Crippen LogP contribution in [0.4, 0.5) is 0 Å². The summed E-state index contributed by atoms with van der Waals surface area (Å²) >= 11 is 6.05. The average molecular weight is 280 g/mol. The highest BCUT2D eigenvalue weighted by molar-refractivity contribution is 6.16. The molecule has 0 N–H and O–H groups in total. The van der Waals surface area contributed by atoms with E-state index in [1.165, 1.54) is 11.4 Å². The molecule has 1 saturated heterocycles. The number of rotatable bonds is 3. The summed E-state index contributed by atoms with van der Waals surface area (Å²) in [4.78, 5) is 0. The lowest BCUT2D eigenvalue weighted by Gasteiger charge is -2.11. The Morgan fingerprint density at radius 1 is 1.37 bits per heavy atom. The lowest BCUT2D eigenvalue weighted by Crippen LogP contribution is -2.13. The summed E-state index contributed by atoms with van der Waals surface area (Å²) in [5.41, 5.74) is 3.43. The van der Waals surface area contributed by atoms with Crippen LogP contribution in [0.5, 0.6) is 0 Å². The molecule has 3 rings (SSSR count). The average Bonchev–Trinajstić information content (AvgIpc) is 3.09. The van der Waals surface area contributed by atoms with Crippen LogP contribution in [0.25, 0.3) is 5.82 Å². The summed E-state index contributed by atoms with van der Waals surface area (Å²) in [7, 11) is 0. The van der Waals surface area contributed by atoms with Crippen molar-refractivity contribution in [3.8, 4) is 5.82 Å². The molecular weight excluding hydrogens is 262 g/mol. The second-order valence-electron chi connectivity index (χ2n) is 5.04. The SMILES string of the molecule is Cc1ccc(C)n1-c1cc(CCl)n([C@H]2CCOC2)n1. The van der Waals surface area contributed by atoms with Crippen LogP contribution in [0.2, 0.25) is 0 Å². The van der Waals surface area contributed by atoms with E-state index in [4.69, 9.17) is 21.4 Å². The summed E-state index contributed by atoms with van der Waals surface area (Å²) in [6.07, 6.45) is 1.01. The first-order valence-corrected chi connectivity index (χ1v) is 7.11. The maximum atomic E-state index is 6.05. The van der Waals surface area contributed by atoms with Gasteiger partial charge in [-0.1, -0.05) is 0 Å². The number of alkyl halides is 1. The number of nitrogens with zero attached hydrogens (tertiary/aromatic N) is 3. The second kappa shape index (κ2) is 5.02. The van der Waals surface area contributed by atoms with Gasteiger partial charge in [0.2, 0.25) is 0 Å². The van der Waals surface area contributed by atoms with Gasteiger partial charge in [-0.15, -0.1) is 11.6 Å². The summed E-state index contributed by atoms with van der Waals surface area (Å²) in [5.74, 6) is 1.42. The molecule has 0 saturated carbocycles. The van der Waals surface area contributed by atoms with Crippen LogP contribution in [0.3, 0.4) is 0 Å². The third-order valence-electron chi connectivity index (χ3n) is 3.69. The van der Waals surface area contributed by atoms with Gasteiger partial charge in [0.1, 0.15) is 0 Å². The molecule has 19 heavy (non-hydrogen) atoms. The van der Waals surface area contributed by atoms with Gasteiger partial charge in [-0.05, 0) is 32.4 Å². The zero-order chi connectivity index (χ0) is 13.4. The molecule has 102 valence electrons. The van der Waals surface area contributed by atoms with Crippen molar-refractivity contribution in [2.45, 2.75) is 32.2 Å². The Morgan fingerprint density at radius 3 is 2.68 bits per heavy atom. The lowest BCUT2D eigenvalue weighted by molar-refractivity contribution is 0.184. The highest BCUT2D eigenvalue weighted by atomic mass is 35.5. The van der Waals surface area contributed by atoms with Crippen LogP contribution in [0.1, 0.15) is 29.5 Å². The zero-order valence-corrected chi connectivity index (χ0v) is 12.0. The third kappa shape index (κ3) is 2.19. The fourth-order valence-electron chi connectivity index (χ4n) is 2.69. The van der Waals surface area contributed by atoms with Crippen molar-refractivity contribution >= 4 is 11.6 Å². The van der Waals surface area contributed by atoms with Gasteiger partial charge in [0.25, 0.3) is 0 Å². The Kier molecular flexibility index (Phi) is 3.37. The van der Waals surface area contributed by atoms with Crippen LogP contribution in [-0.4, -0.2) is 27.6 Å². The molecule has 0 amide bonds. The minimum absolute atomic E-state index is 0.318. The first kappa shape index (κ1) is 12.8. The maximum Gasteiger partial charge on any atom is 0.159 e. The van der Waals surface area contributed by atoms with E-state index < -0.39 is 0 Å². The molecule has 2 aromatic heterocycles. The van der Waals surface area contributed by atoms with Gasteiger partial charge in [-0.25, -0.2) is 0 Å². The Labute approximate surface area is 117 Å². The normalized spacial score (nSPS) is 19.2. The van der Waals surface area contributed by atoms with E-state index in [-0.39, 0.29) is 0 Å². The third-order valence-corrected chi connectivity index (χ3v) is 3.96. The van der Waals surface area contributed by atoms with Crippen molar-refractivity contribution in [1.29, 1.82) is 0 Å². The van der Waals surface area contributed by atoms with Crippen molar-refractivity contribution in [3.05, 3.63) is 35.3 Å². The molecule has 5 heteroatoms. The van der Waals surface area contributed by atoms with E-state index in [0.717, 1.165) is 31.1 Å². The molecule has 3 heterocycles. The van der Waals surface area contributed by atoms with Gasteiger partial charge >= 0.3 is 0 Å². The van der Waals surface area contributed by atoms with Gasteiger partial charge in [-0.3, -0.25) is 4.68 Å². The second-order valence-corrected chi connectivity index (χ2v) is 5.31. The topological polar surface area (TPSA) is 32.0 Å². The van der Waals surface area contributed by atoms with E-state index >= 15 is 0 Å². The molecule has 4 nitrogen and oxygen atoms in total. The predicted octanol–water partition coefficient (Wildman–Crippen LogP) is 2.99. The summed E-state index contributed by atoms with van der Waals surface area (Å²) in [5, 5.41) is 4.74. The molecule has 1 atom stereocenters. The Bertz CT molecular complexity index is 562. The van der Waals surface area contributed by atoms with Gasteiger partial charge in [0, 0.05) is 24.1 Å². The predicted molar refractivity (Wildman–Crippen MR) is 75.1 cm³/mol. The highest BCUT2D eigenvalue weighted by Crippen LogP contribution is 2.24. The fourth-order valence-corrected chi connectivity index (χ4v) is 2.89. The Hall–Kier alpha value is -1.26. The Balaban J connectivity index is 2.04. The Morgan fingerprint density at radius 2 is 2.11 bits per heavy atom. The molecule has 0 spiro atoms. The molecule has 1 aliphatic heterocycles. The molecule has 0 radical (unpaired) electrons. The molecule has 0 aliphatic carbocycles. The smallest absolute Gasteiger partial charge is 0.159 e. The lowest BCUT2D eigenvalue weighted by atomic mass is 10.2. The van der Waals surface area contributed by atoms with Crippen LogP contribution < -0.4 is 0 Å². The van der Waals surface area contributed by atoms with E-state index in [2.05, 4.69) is 36.6 Å². The molecule has 0 unspecified atom stereocenters. The number of hydrogen-bond donors (Lipinski definition) is 0. The number of aryl methyl sites for hydroxylation is 2. The number of halogens is 1. The van der Waals surface area contributed by atoms with E-state index in [1.54, 1.807) is 0 Å². The van der Waals surface area contributed by atoms with Crippen molar-refractivity contribution < 1.29 is 4.74 Å². The molecular formula is C14H18ClN3O. The number of ether oxygens (including phenoxy) is 1. The van der Waals surface area contributed by atoms with Crippen molar-refractivity contribution in [2.75, 3.05) is 13.2 Å². The van der Waals surface area contributed by atoms with Gasteiger partial charge in [0.15, 0.2) is 5.82 Å². The van der Waals surface area contributed by atoms with Gasteiger partial charge in [0.05, 0.1) is 24.2 Å². The molecule has 1 fully saturated rings. The van der Waals surface area contributed by atoms with Crippen LogP contribution >= 0.6 is 11.6 Å². The largest absolute Gasteiger partial charge is 0.379 e. The van der Waals surface area contributed by atoms with Crippen LogP contribution in [0, 0.1) is 13.8 Å². The monoisotopic (exact) mass is 279 g/mol. The van der Waals surface area contributed by atoms with Gasteiger partial charge in [-0.2, -0.15) is 5.10 Å². The first-order chi connectivity index (χ1) is 9.20. The minimum Gasteiger partial charge on any atom is -0.379 e. The van der Waals surface area contributed by atoms with E-state index in [0.29, 0.717) is 11.9 Å². The quantitative estimate of drug-likeness (QED) is 0.809. The number of hydrogen-bond acceptors (Lipinski definition) is 2. The van der Waals surface area contributed by atoms with Crippen molar-refractivity contribution in [3.63, 3.8) is 0 Å². The number of aromatic nitrogens is 3. The van der Waals surface area contributed by atoms with Crippen LogP contribution in [-0.2, 0) is 10.6 Å². The molecule has 0 aromatic carbocycles. The van der Waals surface area contributed by atoms with Crippen molar-refractivity contribution in [1.82, 2.24) is 14.3 Å². The summed E-state index contributed by atoms with van der Waals surface area (Å²) in [6, 6.07) is 6.60.